The van der Waals surface area contributed by atoms with Crippen molar-refractivity contribution in [2.45, 2.75) is 25.6 Å². The molecule has 1 saturated heterocycles. The maximum Gasteiger partial charge on any atom is 0.339 e. The third-order valence-electron chi connectivity index (χ3n) is 3.05. The number of hydrogen-bond donors (Lipinski definition) is 2. The van der Waals surface area contributed by atoms with Gasteiger partial charge in [-0.05, 0) is 19.9 Å². The Morgan fingerprint density at radius 3 is 2.95 bits per heavy atom. The molecule has 0 saturated carbocycles. The van der Waals surface area contributed by atoms with E-state index < -0.39 is 23.5 Å². The van der Waals surface area contributed by atoms with Crippen molar-refractivity contribution < 1.29 is 24.1 Å². The Hall–Kier alpha value is -1.73. The highest BCUT2D eigenvalue weighted by molar-refractivity contribution is 5.93. The van der Waals surface area contributed by atoms with Crippen LogP contribution in [0.3, 0.4) is 0 Å². The van der Waals surface area contributed by atoms with Crippen LogP contribution in [-0.2, 0) is 4.74 Å². The molecule has 1 unspecified atom stereocenters. The van der Waals surface area contributed by atoms with Crippen LogP contribution in [0.15, 0.2) is 12.3 Å². The van der Waals surface area contributed by atoms with Gasteiger partial charge >= 0.3 is 5.97 Å². The van der Waals surface area contributed by atoms with Gasteiger partial charge in [0.15, 0.2) is 0 Å². The molecule has 0 amide bonds. The largest absolute Gasteiger partial charge is 0.478 e. The number of pyridine rings is 1. The first-order valence-corrected chi connectivity index (χ1v) is 6.25. The molecule has 1 aliphatic heterocycles. The molecule has 0 spiro atoms. The molecule has 2 heterocycles. The molecule has 1 aromatic heterocycles. The van der Waals surface area contributed by atoms with Crippen LogP contribution in [-0.4, -0.2) is 52.6 Å². The fourth-order valence-electron chi connectivity index (χ4n) is 2.39. The molecule has 2 N–H and O–H groups in total. The fraction of sp³-hybridized carbons (Fsp3) is 0.538. The average molecular weight is 284 g/mol. The number of morpholine rings is 1. The standard InChI is InChI=1S/C13H17FN2O4/c1-13(2)7-16(5-9(6-17)20-13)11-10(12(18)19)3-8(14)4-15-11/h3-4,9,17H,5-7H2,1-2H3,(H,18,19). The normalized spacial score (nSPS) is 21.8. The summed E-state index contributed by atoms with van der Waals surface area (Å²) >= 11 is 0. The van der Waals surface area contributed by atoms with Gasteiger partial charge in [0.2, 0.25) is 0 Å². The number of nitrogens with zero attached hydrogens (tertiary/aromatic N) is 2. The molecule has 6 nitrogen and oxygen atoms in total. The van der Waals surface area contributed by atoms with E-state index >= 15 is 0 Å². The number of aliphatic hydroxyl groups is 1. The van der Waals surface area contributed by atoms with Crippen molar-refractivity contribution in [3.8, 4) is 0 Å². The Morgan fingerprint density at radius 2 is 2.35 bits per heavy atom. The van der Waals surface area contributed by atoms with Gasteiger partial charge in [-0.15, -0.1) is 0 Å². The summed E-state index contributed by atoms with van der Waals surface area (Å²) in [4.78, 5) is 16.8. The Labute approximate surface area is 115 Å². The van der Waals surface area contributed by atoms with Gasteiger partial charge in [-0.2, -0.15) is 0 Å². The molecule has 0 aliphatic carbocycles. The number of aromatic carboxylic acids is 1. The number of ether oxygens (including phenoxy) is 1. The molecule has 0 radical (unpaired) electrons. The first-order chi connectivity index (χ1) is 9.32. The first kappa shape index (κ1) is 14.7. The van der Waals surface area contributed by atoms with Crippen molar-refractivity contribution >= 4 is 11.8 Å². The number of anilines is 1. The van der Waals surface area contributed by atoms with E-state index in [1.807, 2.05) is 13.8 Å². The van der Waals surface area contributed by atoms with Gasteiger partial charge in [-0.1, -0.05) is 0 Å². The van der Waals surface area contributed by atoms with Crippen LogP contribution in [0, 0.1) is 5.82 Å². The number of halogens is 1. The highest BCUT2D eigenvalue weighted by Crippen LogP contribution is 2.27. The van der Waals surface area contributed by atoms with E-state index in [-0.39, 0.29) is 18.0 Å². The van der Waals surface area contributed by atoms with E-state index in [2.05, 4.69) is 4.98 Å². The van der Waals surface area contributed by atoms with Crippen LogP contribution in [0.5, 0.6) is 0 Å². The molecule has 1 aliphatic rings. The zero-order chi connectivity index (χ0) is 14.9. The molecule has 1 fully saturated rings. The van der Waals surface area contributed by atoms with Gasteiger partial charge in [-0.25, -0.2) is 14.2 Å². The number of rotatable bonds is 3. The summed E-state index contributed by atoms with van der Waals surface area (Å²) in [5.41, 5.74) is -0.753. The van der Waals surface area contributed by atoms with E-state index in [1.165, 1.54) is 0 Å². The Balaban J connectivity index is 2.37. The summed E-state index contributed by atoms with van der Waals surface area (Å²) in [5, 5.41) is 18.4. The number of aliphatic hydroxyl groups excluding tert-OH is 1. The maximum absolute atomic E-state index is 13.2. The second-order valence-electron chi connectivity index (χ2n) is 5.39. The van der Waals surface area contributed by atoms with E-state index in [9.17, 15) is 14.3 Å². The van der Waals surface area contributed by atoms with Crippen molar-refractivity contribution in [1.82, 2.24) is 4.98 Å². The Bertz CT molecular complexity index is 521. The minimum absolute atomic E-state index is 0.177. The second-order valence-corrected chi connectivity index (χ2v) is 5.39. The lowest BCUT2D eigenvalue weighted by Crippen LogP contribution is -2.54. The molecule has 2 rings (SSSR count). The summed E-state index contributed by atoms with van der Waals surface area (Å²) in [7, 11) is 0. The molecule has 20 heavy (non-hydrogen) atoms. The molecular formula is C13H17FN2O4. The monoisotopic (exact) mass is 284 g/mol. The smallest absolute Gasteiger partial charge is 0.339 e. The van der Waals surface area contributed by atoms with E-state index in [1.54, 1.807) is 4.90 Å². The molecular weight excluding hydrogens is 267 g/mol. The lowest BCUT2D eigenvalue weighted by molar-refractivity contribution is -0.101. The minimum atomic E-state index is -1.24. The predicted molar refractivity (Wildman–Crippen MR) is 69.4 cm³/mol. The van der Waals surface area contributed by atoms with Crippen LogP contribution >= 0.6 is 0 Å². The fourth-order valence-corrected chi connectivity index (χ4v) is 2.39. The summed E-state index contributed by atoms with van der Waals surface area (Å²) in [6.07, 6.45) is 0.547. The quantitative estimate of drug-likeness (QED) is 0.858. The zero-order valence-electron chi connectivity index (χ0n) is 11.3. The van der Waals surface area contributed by atoms with Gasteiger partial charge in [0.25, 0.3) is 0 Å². The lowest BCUT2D eigenvalue weighted by Gasteiger charge is -2.43. The van der Waals surface area contributed by atoms with E-state index in [0.29, 0.717) is 13.1 Å². The number of carboxylic acid groups (broad SMARTS) is 1. The van der Waals surface area contributed by atoms with Gasteiger partial charge in [0.1, 0.15) is 17.2 Å². The maximum atomic E-state index is 13.2. The van der Waals surface area contributed by atoms with Crippen LogP contribution in [0.4, 0.5) is 10.2 Å². The Kier molecular flexibility index (Phi) is 3.92. The predicted octanol–water partition coefficient (Wildman–Crippen LogP) is 0.895. The Morgan fingerprint density at radius 1 is 1.65 bits per heavy atom. The van der Waals surface area contributed by atoms with Crippen molar-refractivity contribution in [2.75, 3.05) is 24.6 Å². The number of carboxylic acids is 1. The summed E-state index contributed by atoms with van der Waals surface area (Å²) < 4.78 is 18.8. The van der Waals surface area contributed by atoms with Crippen molar-refractivity contribution in [3.63, 3.8) is 0 Å². The van der Waals surface area contributed by atoms with Crippen LogP contribution in [0.1, 0.15) is 24.2 Å². The first-order valence-electron chi connectivity index (χ1n) is 6.25. The highest BCUT2D eigenvalue weighted by Gasteiger charge is 2.35. The SMILES string of the molecule is CC1(C)CN(c2ncc(F)cc2C(=O)O)CC(CO)O1. The highest BCUT2D eigenvalue weighted by atomic mass is 19.1. The zero-order valence-corrected chi connectivity index (χ0v) is 11.3. The van der Waals surface area contributed by atoms with Gasteiger partial charge in [0.05, 0.1) is 24.5 Å². The third-order valence-corrected chi connectivity index (χ3v) is 3.05. The molecule has 7 heteroatoms. The average Bonchev–Trinajstić information content (AvgIpc) is 2.36. The number of aromatic nitrogens is 1. The van der Waals surface area contributed by atoms with E-state index in [4.69, 9.17) is 9.84 Å². The van der Waals surface area contributed by atoms with Gasteiger partial charge < -0.3 is 19.8 Å². The number of carbonyl (C=O) groups is 1. The van der Waals surface area contributed by atoms with Crippen LogP contribution in [0.25, 0.3) is 0 Å². The topological polar surface area (TPSA) is 82.9 Å². The summed E-state index contributed by atoms with van der Waals surface area (Å²) in [6, 6.07) is 0.946. The van der Waals surface area contributed by atoms with Gasteiger partial charge in [0, 0.05) is 13.1 Å². The van der Waals surface area contributed by atoms with Crippen molar-refractivity contribution in [3.05, 3.63) is 23.6 Å². The van der Waals surface area contributed by atoms with E-state index in [0.717, 1.165) is 12.3 Å². The molecule has 110 valence electrons. The van der Waals surface area contributed by atoms with Gasteiger partial charge in [-0.3, -0.25) is 0 Å². The molecule has 1 atom stereocenters. The van der Waals surface area contributed by atoms with Crippen molar-refractivity contribution in [1.29, 1.82) is 0 Å². The minimum Gasteiger partial charge on any atom is -0.478 e. The summed E-state index contributed by atoms with van der Waals surface area (Å²) in [5.74, 6) is -1.75. The third kappa shape index (κ3) is 3.05. The second kappa shape index (κ2) is 5.34. The van der Waals surface area contributed by atoms with Crippen LogP contribution < -0.4 is 4.90 Å². The van der Waals surface area contributed by atoms with Crippen molar-refractivity contribution in [2.24, 2.45) is 0 Å². The molecule has 0 bridgehead atoms. The molecule has 0 aromatic carbocycles. The lowest BCUT2D eigenvalue weighted by atomic mass is 10.0. The number of hydrogen-bond acceptors (Lipinski definition) is 5. The molecule has 1 aromatic rings. The summed E-state index contributed by atoms with van der Waals surface area (Å²) in [6.45, 7) is 4.21. The van der Waals surface area contributed by atoms with Crippen LogP contribution in [0.2, 0.25) is 0 Å².